The molecule has 1 atom stereocenters. The van der Waals surface area contributed by atoms with Gasteiger partial charge in [0.05, 0.1) is 0 Å². The summed E-state index contributed by atoms with van der Waals surface area (Å²) in [6.45, 7) is 0. The molecule has 1 rings (SSSR count). The molecule has 0 heterocycles. The van der Waals surface area contributed by atoms with Gasteiger partial charge in [0.2, 0.25) is 0 Å². The zero-order chi connectivity index (χ0) is 7.99. The Kier molecular flexibility index (Phi) is 1.48. The van der Waals surface area contributed by atoms with E-state index < -0.39 is 27.7 Å². The molecular formula is C4H6F2O3S. The summed E-state index contributed by atoms with van der Waals surface area (Å²) in [6, 6.07) is 0. The molecule has 1 saturated carbocycles. The topological polar surface area (TPSA) is 54.4 Å². The zero-order valence-electron chi connectivity index (χ0n) is 4.92. The van der Waals surface area contributed by atoms with Gasteiger partial charge < -0.3 is 0 Å². The first kappa shape index (κ1) is 7.87. The Morgan fingerprint density at radius 1 is 1.50 bits per heavy atom. The molecule has 0 radical (unpaired) electrons. The van der Waals surface area contributed by atoms with Crippen LogP contribution in [0.2, 0.25) is 0 Å². The van der Waals surface area contributed by atoms with Gasteiger partial charge in [0.15, 0.2) is 0 Å². The van der Waals surface area contributed by atoms with Crippen molar-refractivity contribution in [3.8, 4) is 0 Å². The molecule has 6 heteroatoms. The van der Waals surface area contributed by atoms with Crippen LogP contribution in [0.5, 0.6) is 0 Å². The summed E-state index contributed by atoms with van der Waals surface area (Å²) < 4.78 is 52.7. The molecule has 0 aromatic rings. The third-order valence-electron chi connectivity index (χ3n) is 1.57. The predicted octanol–water partition coefficient (Wildman–Crippen LogP) is 0.672. The highest BCUT2D eigenvalue weighted by Gasteiger charge is 2.55. The van der Waals surface area contributed by atoms with Crippen molar-refractivity contribution in [2.45, 2.75) is 24.0 Å². The minimum Gasteiger partial charge on any atom is -0.285 e. The van der Waals surface area contributed by atoms with Crippen LogP contribution in [-0.2, 0) is 10.1 Å². The van der Waals surface area contributed by atoms with E-state index in [9.17, 15) is 17.2 Å². The Balaban J connectivity index is 2.80. The quantitative estimate of drug-likeness (QED) is 0.591. The molecule has 0 bridgehead atoms. The summed E-state index contributed by atoms with van der Waals surface area (Å²) in [5.41, 5.74) is 0. The van der Waals surface area contributed by atoms with E-state index in [1.54, 1.807) is 0 Å². The molecule has 3 nitrogen and oxygen atoms in total. The predicted molar refractivity (Wildman–Crippen MR) is 29.5 cm³/mol. The van der Waals surface area contributed by atoms with Crippen molar-refractivity contribution in [2.24, 2.45) is 0 Å². The van der Waals surface area contributed by atoms with Gasteiger partial charge in [-0.3, -0.25) is 4.55 Å². The van der Waals surface area contributed by atoms with Gasteiger partial charge >= 0.3 is 0 Å². The second-order valence-corrected chi connectivity index (χ2v) is 3.90. The Morgan fingerprint density at radius 2 is 2.00 bits per heavy atom. The monoisotopic (exact) mass is 172 g/mol. The summed E-state index contributed by atoms with van der Waals surface area (Å²) in [5, 5.41) is -1.86. The summed E-state index contributed by atoms with van der Waals surface area (Å²) >= 11 is 0. The lowest BCUT2D eigenvalue weighted by Gasteiger charge is -2.33. The Hall–Kier alpha value is -0.230. The third kappa shape index (κ3) is 1.13. The first-order chi connectivity index (χ1) is 4.34. The lowest BCUT2D eigenvalue weighted by atomic mass is 9.94. The molecule has 0 aliphatic heterocycles. The fourth-order valence-corrected chi connectivity index (χ4v) is 1.82. The number of hydrogen-bond acceptors (Lipinski definition) is 2. The molecule has 1 N–H and O–H groups in total. The zero-order valence-corrected chi connectivity index (χ0v) is 5.74. The van der Waals surface area contributed by atoms with Crippen molar-refractivity contribution in [1.82, 2.24) is 0 Å². The van der Waals surface area contributed by atoms with Gasteiger partial charge in [-0.25, -0.2) is 8.78 Å². The highest BCUT2D eigenvalue weighted by Crippen LogP contribution is 2.41. The molecule has 60 valence electrons. The van der Waals surface area contributed by atoms with Crippen molar-refractivity contribution in [3.05, 3.63) is 0 Å². The van der Waals surface area contributed by atoms with E-state index in [2.05, 4.69) is 0 Å². The molecule has 10 heavy (non-hydrogen) atoms. The van der Waals surface area contributed by atoms with Gasteiger partial charge in [0.1, 0.15) is 5.25 Å². The van der Waals surface area contributed by atoms with Crippen LogP contribution < -0.4 is 0 Å². The van der Waals surface area contributed by atoms with E-state index in [0.717, 1.165) is 0 Å². The Labute approximate surface area is 56.8 Å². The van der Waals surface area contributed by atoms with E-state index in [4.69, 9.17) is 4.55 Å². The molecule has 0 aromatic heterocycles. The van der Waals surface area contributed by atoms with Crippen LogP contribution >= 0.6 is 0 Å². The molecule has 1 aliphatic carbocycles. The van der Waals surface area contributed by atoms with Gasteiger partial charge in [0, 0.05) is 6.42 Å². The first-order valence-electron chi connectivity index (χ1n) is 2.68. The fraction of sp³-hybridized carbons (Fsp3) is 1.00. The summed E-state index contributed by atoms with van der Waals surface area (Å²) in [5.74, 6) is -3.21. The van der Waals surface area contributed by atoms with E-state index in [0.29, 0.717) is 0 Å². The average Bonchev–Trinajstić information content (AvgIpc) is 1.58. The average molecular weight is 172 g/mol. The number of rotatable bonds is 1. The van der Waals surface area contributed by atoms with Crippen LogP contribution in [0.1, 0.15) is 12.8 Å². The second-order valence-electron chi connectivity index (χ2n) is 2.30. The van der Waals surface area contributed by atoms with Crippen LogP contribution in [0.25, 0.3) is 0 Å². The first-order valence-corrected chi connectivity index (χ1v) is 4.18. The molecular weight excluding hydrogens is 166 g/mol. The van der Waals surface area contributed by atoms with Crippen LogP contribution in [0, 0.1) is 0 Å². The minimum absolute atomic E-state index is 0.147. The van der Waals surface area contributed by atoms with Crippen molar-refractivity contribution in [2.75, 3.05) is 0 Å². The summed E-state index contributed by atoms with van der Waals surface area (Å²) in [6.07, 6.45) is -0.594. The van der Waals surface area contributed by atoms with Crippen molar-refractivity contribution >= 4 is 10.1 Å². The standard InChI is InChI=1S/C4H6F2O3S/c5-4(6)2-1-3(4)10(7,8)9/h3H,1-2H2,(H,7,8,9). The smallest absolute Gasteiger partial charge is 0.273 e. The van der Waals surface area contributed by atoms with Crippen LogP contribution in [-0.4, -0.2) is 24.1 Å². The normalized spacial score (nSPS) is 31.3. The van der Waals surface area contributed by atoms with Crippen LogP contribution in [0.3, 0.4) is 0 Å². The van der Waals surface area contributed by atoms with E-state index in [1.165, 1.54) is 0 Å². The highest BCUT2D eigenvalue weighted by atomic mass is 32.2. The lowest BCUT2D eigenvalue weighted by Crippen LogP contribution is -2.48. The largest absolute Gasteiger partial charge is 0.285 e. The van der Waals surface area contributed by atoms with Gasteiger partial charge in [-0.2, -0.15) is 8.42 Å². The minimum atomic E-state index is -4.52. The Bertz CT molecular complexity index is 233. The van der Waals surface area contributed by atoms with Crippen molar-refractivity contribution in [1.29, 1.82) is 0 Å². The third-order valence-corrected chi connectivity index (χ3v) is 2.87. The number of halogens is 2. The molecule has 0 saturated heterocycles. The van der Waals surface area contributed by atoms with Crippen LogP contribution in [0.4, 0.5) is 8.78 Å². The number of hydrogen-bond donors (Lipinski definition) is 1. The maximum absolute atomic E-state index is 12.2. The van der Waals surface area contributed by atoms with Gasteiger partial charge in [-0.15, -0.1) is 0 Å². The van der Waals surface area contributed by atoms with Crippen LogP contribution in [0.15, 0.2) is 0 Å². The molecule has 1 unspecified atom stereocenters. The molecule has 1 aliphatic rings. The fourth-order valence-electron chi connectivity index (χ4n) is 0.847. The van der Waals surface area contributed by atoms with Crippen molar-refractivity contribution < 1.29 is 21.8 Å². The summed E-state index contributed by atoms with van der Waals surface area (Å²) in [7, 11) is -4.52. The highest BCUT2D eigenvalue weighted by molar-refractivity contribution is 7.86. The molecule has 0 aromatic carbocycles. The lowest BCUT2D eigenvalue weighted by molar-refractivity contribution is -0.0683. The molecule has 1 fully saturated rings. The summed E-state index contributed by atoms with van der Waals surface area (Å²) in [4.78, 5) is 0. The number of alkyl halides is 2. The van der Waals surface area contributed by atoms with E-state index in [-0.39, 0.29) is 6.42 Å². The van der Waals surface area contributed by atoms with Crippen molar-refractivity contribution in [3.63, 3.8) is 0 Å². The maximum atomic E-state index is 12.2. The SMILES string of the molecule is O=S(=O)(O)C1CCC1(F)F. The Morgan fingerprint density at radius 3 is 2.00 bits per heavy atom. The second kappa shape index (κ2) is 1.88. The maximum Gasteiger partial charge on any atom is 0.273 e. The van der Waals surface area contributed by atoms with Gasteiger partial charge in [-0.1, -0.05) is 0 Å². The van der Waals surface area contributed by atoms with Gasteiger partial charge in [0.25, 0.3) is 16.0 Å². The van der Waals surface area contributed by atoms with E-state index >= 15 is 0 Å². The molecule has 0 amide bonds. The van der Waals surface area contributed by atoms with E-state index in [1.807, 2.05) is 0 Å². The van der Waals surface area contributed by atoms with Gasteiger partial charge in [-0.05, 0) is 6.42 Å². The molecule has 0 spiro atoms.